The first kappa shape index (κ1) is 28.8. The second kappa shape index (κ2) is 9.41. The lowest BCUT2D eigenvalue weighted by Crippen LogP contribution is -2.63. The van der Waals surface area contributed by atoms with Crippen LogP contribution in [0.2, 0.25) is 0 Å². The molecule has 4 aliphatic rings. The van der Waals surface area contributed by atoms with Gasteiger partial charge < -0.3 is 36.4 Å². The summed E-state index contributed by atoms with van der Waals surface area (Å²) in [6, 6.07) is -0.242. The van der Waals surface area contributed by atoms with Gasteiger partial charge in [-0.3, -0.25) is 19.3 Å². The fourth-order valence-corrected chi connectivity index (χ4v) is 6.99. The highest BCUT2D eigenvalue weighted by Gasteiger charge is 2.62. The lowest BCUT2D eigenvalue weighted by molar-refractivity contribution is -0.148. The zero-order valence-electron chi connectivity index (χ0n) is 23.2. The van der Waals surface area contributed by atoms with E-state index in [1.807, 2.05) is 0 Å². The van der Waals surface area contributed by atoms with Gasteiger partial charge in [0.05, 0.1) is 11.6 Å². The summed E-state index contributed by atoms with van der Waals surface area (Å²) in [5.41, 5.74) is 3.75. The number of nitrogens with one attached hydrogen (secondary N) is 1. The van der Waals surface area contributed by atoms with Gasteiger partial charge in [0.15, 0.2) is 5.60 Å². The van der Waals surface area contributed by atoms with E-state index in [2.05, 4.69) is 5.32 Å². The molecular weight excluding hydrogens is 542 g/mol. The number of aliphatic hydroxyl groups excluding tert-OH is 2. The summed E-state index contributed by atoms with van der Waals surface area (Å²) < 4.78 is 26.6. The number of phenols is 1. The number of halogens is 2. The molecule has 4 atom stereocenters. The largest absolute Gasteiger partial charge is 0.510 e. The number of rotatable bonds is 5. The number of likely N-dealkylation sites (N-methyl/N-ethyl adjacent to an activating group) is 1. The van der Waals surface area contributed by atoms with Gasteiger partial charge in [-0.2, -0.15) is 0 Å². The predicted octanol–water partition coefficient (Wildman–Crippen LogP) is 1.07. The second-order valence-corrected chi connectivity index (χ2v) is 12.0. The van der Waals surface area contributed by atoms with Crippen LogP contribution in [0, 0.1) is 11.8 Å². The molecular formula is C28H34F2N4O7. The summed E-state index contributed by atoms with van der Waals surface area (Å²) in [4.78, 5) is 41.9. The number of primary amides is 1. The van der Waals surface area contributed by atoms with E-state index in [1.165, 1.54) is 11.0 Å². The summed E-state index contributed by atoms with van der Waals surface area (Å²) in [5.74, 6) is -9.09. The number of alkyl halides is 2. The van der Waals surface area contributed by atoms with E-state index in [1.54, 1.807) is 33.1 Å². The molecule has 0 aromatic heterocycles. The maximum Gasteiger partial charge on any atom is 0.255 e. The number of carbonyl (C=O) groups excluding carboxylic acids is 3. The Bertz CT molecular complexity index is 1430. The van der Waals surface area contributed by atoms with Gasteiger partial charge in [0.25, 0.3) is 17.7 Å². The number of ketones is 1. The quantitative estimate of drug-likeness (QED) is 0.280. The number of fused-ring (bicyclic) bond motifs is 3. The van der Waals surface area contributed by atoms with E-state index in [0.29, 0.717) is 16.8 Å². The Morgan fingerprint density at radius 2 is 1.73 bits per heavy atom. The number of Topliss-reactive ketones (excluding diaryl/α,β-unsaturated/α-hetero) is 1. The molecule has 0 bridgehead atoms. The summed E-state index contributed by atoms with van der Waals surface area (Å²) in [5, 5.41) is 47.9. The van der Waals surface area contributed by atoms with Crippen molar-refractivity contribution in [2.75, 3.05) is 33.1 Å². The Labute approximate surface area is 234 Å². The summed E-state index contributed by atoms with van der Waals surface area (Å²) >= 11 is 0. The molecule has 2 amide bonds. The average Bonchev–Trinajstić information content (AvgIpc) is 2.84. The SMILES string of the molecule is CN(C)c1cc(C(=O)NC2CC(F)(F)C2)c(O)c2c1C[C@H]1C[C@H]3[C@H](N(C)C)C(O)=C(C(N)=O)C(=O)[C@@]3(O)C(O)=C1C2. The van der Waals surface area contributed by atoms with Gasteiger partial charge in [-0.05, 0) is 50.1 Å². The Morgan fingerprint density at radius 1 is 1.10 bits per heavy atom. The fourth-order valence-electron chi connectivity index (χ4n) is 6.99. The summed E-state index contributed by atoms with van der Waals surface area (Å²) in [7, 11) is 6.70. The van der Waals surface area contributed by atoms with Gasteiger partial charge >= 0.3 is 0 Å². The minimum absolute atomic E-state index is 0.126. The van der Waals surface area contributed by atoms with Crippen molar-refractivity contribution in [2.45, 2.75) is 55.7 Å². The molecule has 11 nitrogen and oxygen atoms in total. The highest BCUT2D eigenvalue weighted by molar-refractivity contribution is 6.24. The minimum Gasteiger partial charge on any atom is -0.510 e. The minimum atomic E-state index is -2.84. The highest BCUT2D eigenvalue weighted by atomic mass is 19.3. The molecule has 1 fully saturated rings. The normalized spacial score (nSPS) is 29.0. The van der Waals surface area contributed by atoms with Crippen molar-refractivity contribution >= 4 is 23.3 Å². The predicted molar refractivity (Wildman–Crippen MR) is 143 cm³/mol. The molecule has 5 rings (SSSR count). The first-order chi connectivity index (χ1) is 19.0. The van der Waals surface area contributed by atoms with Crippen molar-refractivity contribution in [1.29, 1.82) is 0 Å². The van der Waals surface area contributed by atoms with Crippen LogP contribution in [0.5, 0.6) is 5.75 Å². The molecule has 0 saturated heterocycles. The van der Waals surface area contributed by atoms with E-state index in [0.717, 1.165) is 0 Å². The van der Waals surface area contributed by atoms with Crippen molar-refractivity contribution < 1.29 is 43.6 Å². The standard InChI is InChI=1S/C28H34F2N4O7/c1-33(2)18-8-16(26(40)32-12-9-27(29,30)10-12)21(35)15-7-13-11(5-14(15)18)6-17-20(34(3)4)22(36)19(25(31)39)24(38)28(17,41)23(13)37/h8,11-12,17,20,35-37,41H,5-7,9-10H2,1-4H3,(H2,31,39)(H,32,40)/t11-,17-,20-,28-/m0/s1. The van der Waals surface area contributed by atoms with Crippen molar-refractivity contribution in [3.05, 3.63) is 45.4 Å². The molecule has 1 aromatic carbocycles. The van der Waals surface area contributed by atoms with Crippen molar-refractivity contribution in [3.63, 3.8) is 0 Å². The van der Waals surface area contributed by atoms with Gasteiger partial charge in [0.1, 0.15) is 22.8 Å². The smallest absolute Gasteiger partial charge is 0.255 e. The van der Waals surface area contributed by atoms with Crippen LogP contribution in [0.3, 0.4) is 0 Å². The first-order valence-corrected chi connectivity index (χ1v) is 13.3. The van der Waals surface area contributed by atoms with E-state index in [9.17, 15) is 43.6 Å². The second-order valence-electron chi connectivity index (χ2n) is 12.0. The van der Waals surface area contributed by atoms with Crippen molar-refractivity contribution in [2.24, 2.45) is 17.6 Å². The lowest BCUT2D eigenvalue weighted by Gasteiger charge is -2.50. The Kier molecular flexibility index (Phi) is 6.61. The number of aliphatic hydroxyl groups is 3. The first-order valence-electron chi connectivity index (χ1n) is 13.3. The topological polar surface area (TPSA) is 177 Å². The van der Waals surface area contributed by atoms with Crippen LogP contribution >= 0.6 is 0 Å². The molecule has 0 radical (unpaired) electrons. The van der Waals surface area contributed by atoms with Gasteiger partial charge in [0, 0.05) is 56.6 Å². The van der Waals surface area contributed by atoms with E-state index in [4.69, 9.17) is 5.73 Å². The zero-order valence-corrected chi connectivity index (χ0v) is 23.2. The number of hydrogen-bond donors (Lipinski definition) is 6. The summed E-state index contributed by atoms with van der Waals surface area (Å²) in [6.07, 6.45) is -0.705. The molecule has 0 unspecified atom stereocenters. The molecule has 0 spiro atoms. The van der Waals surface area contributed by atoms with Gasteiger partial charge in [-0.25, -0.2) is 8.78 Å². The molecule has 7 N–H and O–H groups in total. The third-order valence-electron chi connectivity index (χ3n) is 8.99. The molecule has 4 aliphatic carbocycles. The van der Waals surface area contributed by atoms with Crippen molar-refractivity contribution in [3.8, 4) is 5.75 Å². The third-order valence-corrected chi connectivity index (χ3v) is 8.99. The van der Waals surface area contributed by atoms with Gasteiger partial charge in [-0.15, -0.1) is 0 Å². The van der Waals surface area contributed by atoms with Crippen molar-refractivity contribution in [1.82, 2.24) is 10.2 Å². The molecule has 0 aliphatic heterocycles. The maximum absolute atomic E-state index is 13.4. The molecule has 41 heavy (non-hydrogen) atoms. The van der Waals surface area contributed by atoms with Gasteiger partial charge in [0.2, 0.25) is 5.78 Å². The summed E-state index contributed by atoms with van der Waals surface area (Å²) in [6.45, 7) is 0. The molecule has 0 heterocycles. The molecule has 13 heteroatoms. The highest BCUT2D eigenvalue weighted by Crippen LogP contribution is 2.53. The van der Waals surface area contributed by atoms with Crippen LogP contribution < -0.4 is 16.0 Å². The fraction of sp³-hybridized carbons (Fsp3) is 0.536. The van der Waals surface area contributed by atoms with E-state index >= 15 is 0 Å². The number of anilines is 1. The average molecular weight is 577 g/mol. The number of carbonyl (C=O) groups is 3. The molecule has 1 saturated carbocycles. The number of allylic oxidation sites excluding steroid dienone is 1. The van der Waals surface area contributed by atoms with Crippen LogP contribution in [-0.4, -0.2) is 94.7 Å². The van der Waals surface area contributed by atoms with Crippen LogP contribution in [0.25, 0.3) is 0 Å². The third kappa shape index (κ3) is 4.24. The maximum atomic E-state index is 13.4. The van der Waals surface area contributed by atoms with Crippen LogP contribution in [-0.2, 0) is 22.4 Å². The zero-order chi connectivity index (χ0) is 30.3. The monoisotopic (exact) mass is 576 g/mol. The number of aromatic hydroxyl groups is 1. The van der Waals surface area contributed by atoms with E-state index in [-0.39, 0.29) is 30.4 Å². The Morgan fingerprint density at radius 3 is 2.27 bits per heavy atom. The number of benzene rings is 1. The Hall–Kier alpha value is -3.71. The number of phenolic OH excluding ortho intramolecular Hbond substituents is 1. The molecule has 1 aromatic rings. The van der Waals surface area contributed by atoms with Gasteiger partial charge in [-0.1, -0.05) is 0 Å². The number of amides is 2. The van der Waals surface area contributed by atoms with E-state index < -0.39 is 88.7 Å². The number of nitrogens with zero attached hydrogens (tertiary/aromatic N) is 2. The van der Waals surface area contributed by atoms with Crippen LogP contribution in [0.15, 0.2) is 28.7 Å². The number of nitrogens with two attached hydrogens (primary N) is 1. The molecule has 222 valence electrons. The lowest BCUT2D eigenvalue weighted by atomic mass is 9.58. The Balaban J connectivity index is 1.60. The number of hydrogen-bond acceptors (Lipinski definition) is 9. The van der Waals surface area contributed by atoms with Crippen LogP contribution in [0.1, 0.15) is 40.7 Å². The van der Waals surface area contributed by atoms with Crippen LogP contribution in [0.4, 0.5) is 14.5 Å².